The first kappa shape index (κ1) is 14.0. The van der Waals surface area contributed by atoms with Crippen LogP contribution >= 0.6 is 0 Å². The van der Waals surface area contributed by atoms with E-state index in [4.69, 9.17) is 9.47 Å². The fraction of sp³-hybridized carbons (Fsp3) is 0.533. The molecule has 1 unspecified atom stereocenters. The van der Waals surface area contributed by atoms with Crippen molar-refractivity contribution < 1.29 is 14.3 Å². The van der Waals surface area contributed by atoms with Crippen LogP contribution in [-0.2, 0) is 20.9 Å². The average molecular weight is 263 g/mol. The zero-order valence-electron chi connectivity index (χ0n) is 11.5. The van der Waals surface area contributed by atoms with Crippen molar-refractivity contribution in [1.82, 2.24) is 5.32 Å². The Kier molecular flexibility index (Phi) is 4.93. The predicted octanol–water partition coefficient (Wildman–Crippen LogP) is 2.19. The Bertz CT molecular complexity index is 429. The van der Waals surface area contributed by atoms with Crippen LogP contribution in [0.5, 0.6) is 0 Å². The lowest BCUT2D eigenvalue weighted by atomic mass is 10.0. The number of carbonyl (C=O) groups excluding carboxylic acids is 1. The quantitative estimate of drug-likeness (QED) is 0.766. The lowest BCUT2D eigenvalue weighted by Crippen LogP contribution is -2.31. The fourth-order valence-electron chi connectivity index (χ4n) is 2.04. The summed E-state index contributed by atoms with van der Waals surface area (Å²) in [5.41, 5.74) is 2.01. The van der Waals surface area contributed by atoms with E-state index in [1.165, 1.54) is 0 Å². The van der Waals surface area contributed by atoms with Gasteiger partial charge in [0.15, 0.2) is 0 Å². The summed E-state index contributed by atoms with van der Waals surface area (Å²) in [7, 11) is 1.66. The summed E-state index contributed by atoms with van der Waals surface area (Å²) in [4.78, 5) is 12.1. The van der Waals surface area contributed by atoms with Gasteiger partial charge in [-0.05, 0) is 30.9 Å². The molecule has 0 amide bonds. The van der Waals surface area contributed by atoms with E-state index in [1.54, 1.807) is 7.11 Å². The molecule has 0 saturated heterocycles. The number of rotatable bonds is 7. The van der Waals surface area contributed by atoms with Crippen molar-refractivity contribution in [1.29, 1.82) is 0 Å². The molecule has 1 atom stereocenters. The van der Waals surface area contributed by atoms with Crippen LogP contribution in [-0.4, -0.2) is 25.7 Å². The van der Waals surface area contributed by atoms with Crippen molar-refractivity contribution in [2.45, 2.75) is 38.5 Å². The molecular weight excluding hydrogens is 242 g/mol. The molecule has 0 heterocycles. The second-order valence-electron chi connectivity index (χ2n) is 4.80. The lowest BCUT2D eigenvalue weighted by molar-refractivity contribution is -0.145. The number of hydrogen-bond acceptors (Lipinski definition) is 4. The molecule has 1 aromatic rings. The molecule has 0 radical (unpaired) electrons. The second kappa shape index (κ2) is 6.68. The maximum atomic E-state index is 12.1. The van der Waals surface area contributed by atoms with Gasteiger partial charge in [0.05, 0.1) is 13.2 Å². The van der Waals surface area contributed by atoms with E-state index in [-0.39, 0.29) is 12.0 Å². The third-order valence-electron chi connectivity index (χ3n) is 3.10. The monoisotopic (exact) mass is 263 g/mol. The van der Waals surface area contributed by atoms with E-state index >= 15 is 0 Å². The molecule has 4 heteroatoms. The van der Waals surface area contributed by atoms with E-state index in [0.717, 1.165) is 24.0 Å². The maximum absolute atomic E-state index is 12.1. The van der Waals surface area contributed by atoms with Gasteiger partial charge in [-0.2, -0.15) is 0 Å². The van der Waals surface area contributed by atoms with E-state index in [1.807, 2.05) is 31.2 Å². The summed E-state index contributed by atoms with van der Waals surface area (Å²) in [6, 6.07) is 7.97. The van der Waals surface area contributed by atoms with Gasteiger partial charge in [0, 0.05) is 13.2 Å². The molecule has 0 aromatic heterocycles. The van der Waals surface area contributed by atoms with Gasteiger partial charge in [0.1, 0.15) is 6.04 Å². The van der Waals surface area contributed by atoms with Crippen LogP contribution in [0.4, 0.5) is 0 Å². The Balaban J connectivity index is 2.15. The molecule has 0 bridgehead atoms. The highest BCUT2D eigenvalue weighted by molar-refractivity contribution is 5.77. The number of esters is 1. The van der Waals surface area contributed by atoms with Crippen molar-refractivity contribution in [3.8, 4) is 0 Å². The van der Waals surface area contributed by atoms with Crippen molar-refractivity contribution in [2.24, 2.45) is 0 Å². The smallest absolute Gasteiger partial charge is 0.327 e. The number of ether oxygens (including phenoxy) is 2. The SMILES string of the molecule is CCOC(=O)C(NC1CC1)c1cccc(COC)c1. The summed E-state index contributed by atoms with van der Waals surface area (Å²) in [6.07, 6.45) is 2.27. The zero-order chi connectivity index (χ0) is 13.7. The first-order chi connectivity index (χ1) is 9.24. The third kappa shape index (κ3) is 4.04. The zero-order valence-corrected chi connectivity index (χ0v) is 11.5. The molecule has 1 aliphatic rings. The fourth-order valence-corrected chi connectivity index (χ4v) is 2.04. The third-order valence-corrected chi connectivity index (χ3v) is 3.10. The molecule has 0 spiro atoms. The predicted molar refractivity (Wildman–Crippen MR) is 72.7 cm³/mol. The topological polar surface area (TPSA) is 47.6 Å². The molecule has 1 N–H and O–H groups in total. The molecular formula is C15H21NO3. The molecule has 1 fully saturated rings. The molecule has 2 rings (SSSR count). The number of nitrogens with one attached hydrogen (secondary N) is 1. The van der Waals surface area contributed by atoms with Crippen LogP contribution in [0.1, 0.15) is 36.9 Å². The highest BCUT2D eigenvalue weighted by Crippen LogP contribution is 2.25. The summed E-state index contributed by atoms with van der Waals surface area (Å²) in [5, 5.41) is 3.35. The van der Waals surface area contributed by atoms with Gasteiger partial charge >= 0.3 is 5.97 Å². The second-order valence-corrected chi connectivity index (χ2v) is 4.80. The van der Waals surface area contributed by atoms with E-state index < -0.39 is 0 Å². The van der Waals surface area contributed by atoms with Crippen LogP contribution in [0.2, 0.25) is 0 Å². The summed E-state index contributed by atoms with van der Waals surface area (Å²) in [5.74, 6) is -0.205. The molecule has 0 aliphatic heterocycles. The van der Waals surface area contributed by atoms with Gasteiger partial charge in [-0.15, -0.1) is 0 Å². The van der Waals surface area contributed by atoms with Gasteiger partial charge < -0.3 is 9.47 Å². The van der Waals surface area contributed by atoms with Crippen molar-refractivity contribution >= 4 is 5.97 Å². The van der Waals surface area contributed by atoms with Gasteiger partial charge in [-0.25, -0.2) is 4.79 Å². The van der Waals surface area contributed by atoms with Gasteiger partial charge in [0.25, 0.3) is 0 Å². The summed E-state index contributed by atoms with van der Waals surface area (Å²) in [6.45, 7) is 2.78. The molecule has 1 saturated carbocycles. The standard InChI is InChI=1S/C15H21NO3/c1-3-19-15(17)14(16-13-7-8-13)12-6-4-5-11(9-12)10-18-2/h4-6,9,13-14,16H,3,7-8,10H2,1-2H3. The Morgan fingerprint density at radius 3 is 2.89 bits per heavy atom. The van der Waals surface area contributed by atoms with Crippen LogP contribution in [0, 0.1) is 0 Å². The van der Waals surface area contributed by atoms with Crippen molar-refractivity contribution in [3.63, 3.8) is 0 Å². The maximum Gasteiger partial charge on any atom is 0.327 e. The first-order valence-corrected chi connectivity index (χ1v) is 6.75. The molecule has 19 heavy (non-hydrogen) atoms. The molecule has 4 nitrogen and oxygen atoms in total. The lowest BCUT2D eigenvalue weighted by Gasteiger charge is -2.18. The minimum Gasteiger partial charge on any atom is -0.465 e. The largest absolute Gasteiger partial charge is 0.465 e. The van der Waals surface area contributed by atoms with Gasteiger partial charge in [0.2, 0.25) is 0 Å². The van der Waals surface area contributed by atoms with Crippen LogP contribution < -0.4 is 5.32 Å². The number of benzene rings is 1. The van der Waals surface area contributed by atoms with Crippen molar-refractivity contribution in [3.05, 3.63) is 35.4 Å². The van der Waals surface area contributed by atoms with Crippen LogP contribution in [0.25, 0.3) is 0 Å². The van der Waals surface area contributed by atoms with Gasteiger partial charge in [-0.3, -0.25) is 5.32 Å². The van der Waals surface area contributed by atoms with Gasteiger partial charge in [-0.1, -0.05) is 24.3 Å². The number of methoxy groups -OCH3 is 1. The highest BCUT2D eigenvalue weighted by Gasteiger charge is 2.30. The first-order valence-electron chi connectivity index (χ1n) is 6.75. The Morgan fingerprint density at radius 2 is 2.26 bits per heavy atom. The van der Waals surface area contributed by atoms with Crippen LogP contribution in [0.15, 0.2) is 24.3 Å². The molecule has 104 valence electrons. The van der Waals surface area contributed by atoms with E-state index in [9.17, 15) is 4.79 Å². The average Bonchev–Trinajstić information content (AvgIpc) is 3.21. The molecule has 1 aliphatic carbocycles. The summed E-state index contributed by atoms with van der Waals surface area (Å²) < 4.78 is 10.3. The Morgan fingerprint density at radius 1 is 1.47 bits per heavy atom. The van der Waals surface area contributed by atoms with Crippen molar-refractivity contribution in [2.75, 3.05) is 13.7 Å². The minimum atomic E-state index is -0.371. The van der Waals surface area contributed by atoms with Crippen LogP contribution in [0.3, 0.4) is 0 Å². The number of hydrogen-bond donors (Lipinski definition) is 1. The minimum absolute atomic E-state index is 0.205. The highest BCUT2D eigenvalue weighted by atomic mass is 16.5. The summed E-state index contributed by atoms with van der Waals surface area (Å²) >= 11 is 0. The Labute approximate surface area is 114 Å². The Hall–Kier alpha value is -1.39. The number of carbonyl (C=O) groups is 1. The van der Waals surface area contributed by atoms with E-state index in [2.05, 4.69) is 5.32 Å². The normalized spacial score (nSPS) is 16.1. The van der Waals surface area contributed by atoms with E-state index in [0.29, 0.717) is 19.3 Å². The molecule has 1 aromatic carbocycles.